The van der Waals surface area contributed by atoms with Crippen LogP contribution < -0.4 is 15.5 Å². The summed E-state index contributed by atoms with van der Waals surface area (Å²) in [7, 11) is 3.72. The van der Waals surface area contributed by atoms with E-state index < -0.39 is 5.92 Å². The summed E-state index contributed by atoms with van der Waals surface area (Å²) in [5, 5.41) is 7.91. The van der Waals surface area contributed by atoms with Crippen LogP contribution in [0, 0.1) is 5.92 Å². The molecular weight excluding hydrogens is 312 g/mol. The zero-order valence-corrected chi connectivity index (χ0v) is 13.8. The maximum Gasteiger partial charge on any atom is 0.233 e. The van der Waals surface area contributed by atoms with E-state index in [9.17, 15) is 9.59 Å². The van der Waals surface area contributed by atoms with Crippen molar-refractivity contribution in [1.82, 2.24) is 10.3 Å². The number of thiophene rings is 1. The number of nitrogens with one attached hydrogen (secondary N) is 2. The number of aromatic nitrogens is 1. The molecule has 0 aliphatic carbocycles. The first kappa shape index (κ1) is 15.5. The smallest absolute Gasteiger partial charge is 0.233 e. The van der Waals surface area contributed by atoms with Crippen LogP contribution in [0.5, 0.6) is 0 Å². The lowest BCUT2D eigenvalue weighted by Gasteiger charge is -2.24. The van der Waals surface area contributed by atoms with E-state index >= 15 is 0 Å². The van der Waals surface area contributed by atoms with Crippen LogP contribution in [0.15, 0.2) is 29.6 Å². The molecule has 6 nitrogen and oxygen atoms in total. The fourth-order valence-corrected chi connectivity index (χ4v) is 3.07. The van der Waals surface area contributed by atoms with Gasteiger partial charge in [-0.3, -0.25) is 9.59 Å². The van der Waals surface area contributed by atoms with Gasteiger partial charge in [-0.2, -0.15) is 0 Å². The van der Waals surface area contributed by atoms with Gasteiger partial charge < -0.3 is 15.5 Å². The topological polar surface area (TPSA) is 74.3 Å². The van der Waals surface area contributed by atoms with E-state index in [1.807, 2.05) is 48.6 Å². The molecule has 2 aromatic heterocycles. The average molecular weight is 330 g/mol. The van der Waals surface area contributed by atoms with E-state index in [-0.39, 0.29) is 11.7 Å². The molecule has 2 aromatic rings. The van der Waals surface area contributed by atoms with Gasteiger partial charge in [0.05, 0.1) is 12.2 Å². The Morgan fingerprint density at radius 3 is 2.96 bits per heavy atom. The van der Waals surface area contributed by atoms with Crippen LogP contribution in [0.4, 0.5) is 11.5 Å². The standard InChI is InChI=1S/C16H18N4O2S/c1-20(2)13-6-5-12-14(19-13)15(21)11(9-17-12)16(22)18-8-10-4-3-7-23-10/h3-7,11,17H,8-9H2,1-2H3,(H,18,22). The van der Waals surface area contributed by atoms with Gasteiger partial charge in [0, 0.05) is 25.5 Å². The van der Waals surface area contributed by atoms with Gasteiger partial charge in [-0.25, -0.2) is 4.98 Å². The second-order valence-corrected chi connectivity index (χ2v) is 6.59. The molecule has 1 atom stereocenters. The van der Waals surface area contributed by atoms with Gasteiger partial charge in [0.15, 0.2) is 5.78 Å². The largest absolute Gasteiger partial charge is 0.382 e. The Hall–Kier alpha value is -2.41. The third kappa shape index (κ3) is 3.19. The van der Waals surface area contributed by atoms with Crippen molar-refractivity contribution in [2.24, 2.45) is 5.92 Å². The number of nitrogens with zero attached hydrogens (tertiary/aromatic N) is 2. The van der Waals surface area contributed by atoms with Crippen LogP contribution in [0.3, 0.4) is 0 Å². The summed E-state index contributed by atoms with van der Waals surface area (Å²) in [5.41, 5.74) is 1.02. The molecule has 1 amide bonds. The van der Waals surface area contributed by atoms with Crippen molar-refractivity contribution in [3.63, 3.8) is 0 Å². The monoisotopic (exact) mass is 330 g/mol. The molecule has 3 rings (SSSR count). The fourth-order valence-electron chi connectivity index (χ4n) is 2.42. The highest BCUT2D eigenvalue weighted by atomic mass is 32.1. The molecule has 0 spiro atoms. The number of Topliss-reactive ketones (excluding diaryl/α,β-unsaturated/α-hetero) is 1. The number of fused-ring (bicyclic) bond motifs is 1. The summed E-state index contributed by atoms with van der Waals surface area (Å²) in [6, 6.07) is 7.56. The number of pyridine rings is 1. The molecule has 120 valence electrons. The van der Waals surface area contributed by atoms with Crippen molar-refractivity contribution in [2.45, 2.75) is 6.54 Å². The Bertz CT molecular complexity index is 728. The molecule has 1 aliphatic rings. The van der Waals surface area contributed by atoms with E-state index in [0.717, 1.165) is 4.88 Å². The number of rotatable bonds is 4. The Balaban J connectivity index is 1.74. The average Bonchev–Trinajstić information content (AvgIpc) is 3.06. The number of amides is 1. The summed E-state index contributed by atoms with van der Waals surface area (Å²) < 4.78 is 0. The predicted octanol–water partition coefficient (Wildman–Crippen LogP) is 1.75. The molecule has 3 heterocycles. The number of carbonyl (C=O) groups is 2. The predicted molar refractivity (Wildman–Crippen MR) is 91.0 cm³/mol. The lowest BCUT2D eigenvalue weighted by Crippen LogP contribution is -2.42. The minimum atomic E-state index is -0.743. The number of anilines is 2. The summed E-state index contributed by atoms with van der Waals surface area (Å²) in [6.45, 7) is 0.739. The van der Waals surface area contributed by atoms with E-state index in [1.54, 1.807) is 11.3 Å². The van der Waals surface area contributed by atoms with Crippen molar-refractivity contribution in [3.8, 4) is 0 Å². The number of ketones is 1. The molecule has 0 radical (unpaired) electrons. The van der Waals surface area contributed by atoms with Gasteiger partial charge in [0.2, 0.25) is 5.91 Å². The van der Waals surface area contributed by atoms with Gasteiger partial charge >= 0.3 is 0 Å². The van der Waals surface area contributed by atoms with Gasteiger partial charge in [0.25, 0.3) is 0 Å². The molecule has 2 N–H and O–H groups in total. The normalized spacial score (nSPS) is 16.4. The lowest BCUT2D eigenvalue weighted by molar-refractivity contribution is -0.123. The highest BCUT2D eigenvalue weighted by Crippen LogP contribution is 2.25. The molecule has 0 fully saturated rings. The molecule has 7 heteroatoms. The van der Waals surface area contributed by atoms with E-state index in [4.69, 9.17) is 0 Å². The molecule has 0 aromatic carbocycles. The van der Waals surface area contributed by atoms with Crippen molar-refractivity contribution in [1.29, 1.82) is 0 Å². The number of carbonyl (C=O) groups excluding carboxylic acids is 2. The number of hydrogen-bond acceptors (Lipinski definition) is 6. The molecular formula is C16H18N4O2S. The van der Waals surface area contributed by atoms with Gasteiger partial charge in [-0.05, 0) is 23.6 Å². The first-order valence-electron chi connectivity index (χ1n) is 7.33. The first-order valence-corrected chi connectivity index (χ1v) is 8.21. The molecule has 0 saturated carbocycles. The summed E-state index contributed by atoms with van der Waals surface area (Å²) in [5.74, 6) is -0.546. The van der Waals surface area contributed by atoms with Crippen LogP contribution in [0.25, 0.3) is 0 Å². The first-order chi connectivity index (χ1) is 11.1. The Kier molecular flexibility index (Phi) is 4.29. The van der Waals surface area contributed by atoms with Crippen molar-refractivity contribution >= 4 is 34.5 Å². The summed E-state index contributed by atoms with van der Waals surface area (Å²) >= 11 is 1.57. The summed E-state index contributed by atoms with van der Waals surface area (Å²) in [6.07, 6.45) is 0. The van der Waals surface area contributed by atoms with Crippen LogP contribution in [-0.2, 0) is 11.3 Å². The van der Waals surface area contributed by atoms with Crippen molar-refractivity contribution < 1.29 is 9.59 Å². The maximum atomic E-state index is 12.6. The van der Waals surface area contributed by atoms with Gasteiger partial charge in [0.1, 0.15) is 17.4 Å². The minimum absolute atomic E-state index is 0.230. The van der Waals surface area contributed by atoms with E-state index in [0.29, 0.717) is 30.3 Å². The van der Waals surface area contributed by atoms with E-state index in [2.05, 4.69) is 15.6 Å². The second kappa shape index (κ2) is 6.37. The third-order valence-corrected chi connectivity index (χ3v) is 4.60. The SMILES string of the molecule is CN(C)c1ccc2c(n1)C(=O)C(C(=O)NCc1cccs1)CN2. The van der Waals surface area contributed by atoms with Crippen LogP contribution in [-0.4, -0.2) is 37.3 Å². The molecule has 0 bridgehead atoms. The number of hydrogen-bond donors (Lipinski definition) is 2. The second-order valence-electron chi connectivity index (χ2n) is 5.55. The van der Waals surface area contributed by atoms with Crippen molar-refractivity contribution in [3.05, 3.63) is 40.2 Å². The van der Waals surface area contributed by atoms with E-state index in [1.165, 1.54) is 0 Å². The quantitative estimate of drug-likeness (QED) is 0.836. The van der Waals surface area contributed by atoms with Crippen LogP contribution >= 0.6 is 11.3 Å². The lowest BCUT2D eigenvalue weighted by atomic mass is 9.95. The van der Waals surface area contributed by atoms with Crippen molar-refractivity contribution in [2.75, 3.05) is 30.9 Å². The van der Waals surface area contributed by atoms with Gasteiger partial charge in [-0.15, -0.1) is 11.3 Å². The summed E-state index contributed by atoms with van der Waals surface area (Å²) in [4.78, 5) is 32.2. The Labute approximate surface area is 138 Å². The Morgan fingerprint density at radius 1 is 1.43 bits per heavy atom. The zero-order chi connectivity index (χ0) is 16.4. The zero-order valence-electron chi connectivity index (χ0n) is 13.0. The maximum absolute atomic E-state index is 12.6. The fraction of sp³-hybridized carbons (Fsp3) is 0.312. The third-order valence-electron chi connectivity index (χ3n) is 3.72. The molecule has 1 unspecified atom stereocenters. The highest BCUT2D eigenvalue weighted by Gasteiger charge is 2.34. The molecule has 1 aliphatic heterocycles. The molecule has 23 heavy (non-hydrogen) atoms. The molecule has 0 saturated heterocycles. The minimum Gasteiger partial charge on any atom is -0.382 e. The van der Waals surface area contributed by atoms with Gasteiger partial charge in [-0.1, -0.05) is 6.07 Å². The Morgan fingerprint density at radius 2 is 2.26 bits per heavy atom. The van der Waals surface area contributed by atoms with Crippen LogP contribution in [0.2, 0.25) is 0 Å². The van der Waals surface area contributed by atoms with Crippen LogP contribution in [0.1, 0.15) is 15.4 Å². The highest BCUT2D eigenvalue weighted by molar-refractivity contribution is 7.09.